The molecule has 0 atom stereocenters. The summed E-state index contributed by atoms with van der Waals surface area (Å²) >= 11 is 0. The Kier molecular flexibility index (Phi) is 5.53. The molecule has 0 amide bonds. The van der Waals surface area contributed by atoms with Crippen molar-refractivity contribution in [3.05, 3.63) is 0 Å². The Morgan fingerprint density at radius 1 is 0.500 bits per heavy atom. The predicted molar refractivity (Wildman–Crippen MR) is 76.5 cm³/mol. The Balaban J connectivity index is 2.02. The van der Waals surface area contributed by atoms with Gasteiger partial charge in [0.1, 0.15) is 0 Å². The maximum atomic E-state index is 12.8. The van der Waals surface area contributed by atoms with Gasteiger partial charge in [0, 0.05) is 0 Å². The van der Waals surface area contributed by atoms with Gasteiger partial charge in [0.05, 0.1) is 10.5 Å². The second-order valence-electron chi connectivity index (χ2n) is 6.17. The van der Waals surface area contributed by atoms with Gasteiger partial charge in [-0.15, -0.1) is 0 Å². The van der Waals surface area contributed by atoms with Crippen LogP contribution in [0.3, 0.4) is 0 Å². The monoisotopic (exact) mass is 272 g/mol. The number of hydrogen-bond donors (Lipinski definition) is 0. The summed E-state index contributed by atoms with van der Waals surface area (Å²) in [5, 5.41) is -0.0228. The minimum Gasteiger partial charge on any atom is -0.228 e. The van der Waals surface area contributed by atoms with Crippen molar-refractivity contribution in [2.75, 3.05) is 0 Å². The second-order valence-corrected chi connectivity index (χ2v) is 8.68. The summed E-state index contributed by atoms with van der Waals surface area (Å²) in [5.41, 5.74) is 0. The van der Waals surface area contributed by atoms with E-state index in [-0.39, 0.29) is 10.5 Å². The third-order valence-electron chi connectivity index (χ3n) is 4.78. The zero-order valence-corrected chi connectivity index (χ0v) is 12.4. The molecule has 0 unspecified atom stereocenters. The largest absolute Gasteiger partial charge is 0.228 e. The van der Waals surface area contributed by atoms with Crippen LogP contribution in [0.4, 0.5) is 0 Å². The number of hydrogen-bond acceptors (Lipinski definition) is 2. The minimum atomic E-state index is -2.85. The summed E-state index contributed by atoms with van der Waals surface area (Å²) in [4.78, 5) is 0. The highest BCUT2D eigenvalue weighted by Crippen LogP contribution is 2.30. The summed E-state index contributed by atoms with van der Waals surface area (Å²) in [6.07, 6.45) is 14.4. The van der Waals surface area contributed by atoms with Gasteiger partial charge in [-0.1, -0.05) is 57.8 Å². The van der Waals surface area contributed by atoms with Crippen molar-refractivity contribution >= 4 is 9.84 Å². The molecule has 0 heterocycles. The summed E-state index contributed by atoms with van der Waals surface area (Å²) in [6, 6.07) is 0. The smallest absolute Gasteiger partial charge is 0.156 e. The molecular weight excluding hydrogens is 244 g/mol. The maximum absolute atomic E-state index is 12.8. The van der Waals surface area contributed by atoms with Crippen LogP contribution >= 0.6 is 0 Å². The zero-order chi connectivity index (χ0) is 12.8. The molecule has 0 aromatic heterocycles. The molecule has 0 aliphatic heterocycles. The van der Waals surface area contributed by atoms with Gasteiger partial charge < -0.3 is 0 Å². The zero-order valence-electron chi connectivity index (χ0n) is 11.6. The van der Waals surface area contributed by atoms with Crippen molar-refractivity contribution in [1.29, 1.82) is 0 Å². The quantitative estimate of drug-likeness (QED) is 0.705. The molecule has 0 aromatic rings. The SMILES string of the molecule is O=S(=O)(C1CCCCCCC1)C1CCCCCC1. The first-order chi connectivity index (χ1) is 8.71. The molecule has 0 spiro atoms. The molecule has 18 heavy (non-hydrogen) atoms. The third-order valence-corrected chi connectivity index (χ3v) is 7.58. The van der Waals surface area contributed by atoms with E-state index in [0.29, 0.717) is 0 Å². The van der Waals surface area contributed by atoms with Crippen molar-refractivity contribution in [2.24, 2.45) is 0 Å². The molecule has 0 bridgehead atoms. The Bertz CT molecular complexity index is 318. The average Bonchev–Trinajstić information content (AvgIpc) is 2.56. The lowest BCUT2D eigenvalue weighted by Gasteiger charge is -2.25. The third kappa shape index (κ3) is 3.72. The molecule has 2 rings (SSSR count). The average molecular weight is 272 g/mol. The van der Waals surface area contributed by atoms with E-state index in [9.17, 15) is 8.42 Å². The van der Waals surface area contributed by atoms with Crippen LogP contribution in [0.1, 0.15) is 83.5 Å². The van der Waals surface area contributed by atoms with Gasteiger partial charge in [-0.2, -0.15) is 0 Å². The van der Waals surface area contributed by atoms with E-state index < -0.39 is 9.84 Å². The first-order valence-corrected chi connectivity index (χ1v) is 9.55. The molecule has 2 saturated carbocycles. The Morgan fingerprint density at radius 2 is 0.778 bits per heavy atom. The van der Waals surface area contributed by atoms with Crippen LogP contribution in [0.15, 0.2) is 0 Å². The van der Waals surface area contributed by atoms with Crippen LogP contribution in [0.25, 0.3) is 0 Å². The van der Waals surface area contributed by atoms with E-state index in [1.165, 1.54) is 32.1 Å². The molecule has 0 radical (unpaired) electrons. The standard InChI is InChI=1S/C15H28O2S/c16-18(17,15-12-8-4-5-9-13-15)14-10-6-2-1-3-7-11-14/h14-15H,1-13H2. The summed E-state index contributed by atoms with van der Waals surface area (Å²) in [6.45, 7) is 0. The summed E-state index contributed by atoms with van der Waals surface area (Å²) < 4.78 is 25.5. The molecule has 106 valence electrons. The number of sulfone groups is 1. The van der Waals surface area contributed by atoms with E-state index in [0.717, 1.165) is 51.4 Å². The van der Waals surface area contributed by atoms with E-state index in [1.807, 2.05) is 0 Å². The molecule has 0 saturated heterocycles. The molecular formula is C15H28O2S. The van der Waals surface area contributed by atoms with Crippen LogP contribution < -0.4 is 0 Å². The number of rotatable bonds is 2. The van der Waals surface area contributed by atoms with Crippen LogP contribution in [0.5, 0.6) is 0 Å². The van der Waals surface area contributed by atoms with Gasteiger partial charge in [0.2, 0.25) is 0 Å². The van der Waals surface area contributed by atoms with Crippen molar-refractivity contribution in [3.8, 4) is 0 Å². The first kappa shape index (κ1) is 14.4. The van der Waals surface area contributed by atoms with Crippen molar-refractivity contribution in [1.82, 2.24) is 0 Å². The predicted octanol–water partition coefficient (Wildman–Crippen LogP) is 4.24. The van der Waals surface area contributed by atoms with Crippen molar-refractivity contribution < 1.29 is 8.42 Å². The topological polar surface area (TPSA) is 34.1 Å². The molecule has 0 N–H and O–H groups in total. The van der Waals surface area contributed by atoms with Gasteiger partial charge in [-0.05, 0) is 25.7 Å². The van der Waals surface area contributed by atoms with Crippen LogP contribution in [-0.4, -0.2) is 18.9 Å². The van der Waals surface area contributed by atoms with Gasteiger partial charge in [0.15, 0.2) is 9.84 Å². The van der Waals surface area contributed by atoms with Crippen LogP contribution in [0.2, 0.25) is 0 Å². The molecule has 2 aliphatic rings. The van der Waals surface area contributed by atoms with Crippen LogP contribution in [0, 0.1) is 0 Å². The fourth-order valence-corrected chi connectivity index (χ4v) is 6.11. The van der Waals surface area contributed by atoms with Gasteiger partial charge in [0.25, 0.3) is 0 Å². The van der Waals surface area contributed by atoms with E-state index in [2.05, 4.69) is 0 Å². The van der Waals surface area contributed by atoms with E-state index >= 15 is 0 Å². The molecule has 2 fully saturated rings. The molecule has 2 aliphatic carbocycles. The van der Waals surface area contributed by atoms with E-state index in [1.54, 1.807) is 0 Å². The summed E-state index contributed by atoms with van der Waals surface area (Å²) in [7, 11) is -2.85. The Hall–Kier alpha value is -0.0500. The highest BCUT2D eigenvalue weighted by Gasteiger charge is 2.33. The van der Waals surface area contributed by atoms with Gasteiger partial charge in [-0.3, -0.25) is 0 Å². The summed E-state index contributed by atoms with van der Waals surface area (Å²) in [5.74, 6) is 0. The van der Waals surface area contributed by atoms with Crippen LogP contribution in [-0.2, 0) is 9.84 Å². The van der Waals surface area contributed by atoms with Crippen molar-refractivity contribution in [3.63, 3.8) is 0 Å². The second kappa shape index (κ2) is 6.93. The van der Waals surface area contributed by atoms with Gasteiger partial charge >= 0.3 is 0 Å². The minimum absolute atomic E-state index is 0.00979. The highest BCUT2D eigenvalue weighted by molar-refractivity contribution is 7.92. The van der Waals surface area contributed by atoms with Gasteiger partial charge in [-0.25, -0.2) is 8.42 Å². The van der Waals surface area contributed by atoms with Crippen molar-refractivity contribution in [2.45, 2.75) is 94.0 Å². The normalized spacial score (nSPS) is 26.2. The molecule has 3 heteroatoms. The lowest BCUT2D eigenvalue weighted by atomic mass is 10.0. The molecule has 0 aromatic carbocycles. The molecule has 2 nitrogen and oxygen atoms in total. The maximum Gasteiger partial charge on any atom is 0.156 e. The Labute approximate surface area is 112 Å². The lowest BCUT2D eigenvalue weighted by molar-refractivity contribution is 0.478. The fourth-order valence-electron chi connectivity index (χ4n) is 3.59. The fraction of sp³-hybridized carbons (Fsp3) is 1.00. The Morgan fingerprint density at radius 3 is 1.11 bits per heavy atom. The first-order valence-electron chi connectivity index (χ1n) is 7.94. The highest BCUT2D eigenvalue weighted by atomic mass is 32.2. The lowest BCUT2D eigenvalue weighted by Crippen LogP contribution is -2.32. The van der Waals surface area contributed by atoms with E-state index in [4.69, 9.17) is 0 Å².